The van der Waals surface area contributed by atoms with Crippen molar-refractivity contribution in [3.05, 3.63) is 71.4 Å². The average molecular weight is 460 g/mol. The summed E-state index contributed by atoms with van der Waals surface area (Å²) in [5, 5.41) is 15.0. The fourth-order valence-corrected chi connectivity index (χ4v) is 3.46. The molecule has 3 rings (SSSR count). The second-order valence-corrected chi connectivity index (χ2v) is 8.15. The van der Waals surface area contributed by atoms with Crippen LogP contribution in [0.4, 0.5) is 8.78 Å². The van der Waals surface area contributed by atoms with Crippen LogP contribution in [0.5, 0.6) is 11.6 Å². The van der Waals surface area contributed by atoms with Gasteiger partial charge in [0.25, 0.3) is 0 Å². The average Bonchev–Trinajstić information content (AvgIpc) is 3.07. The van der Waals surface area contributed by atoms with Gasteiger partial charge in [-0.25, -0.2) is 13.5 Å². The van der Waals surface area contributed by atoms with E-state index in [2.05, 4.69) is 10.00 Å². The van der Waals surface area contributed by atoms with Crippen molar-refractivity contribution in [2.75, 3.05) is 19.8 Å². The molecule has 1 heterocycles. The fraction of sp³-hybridized carbons (Fsp3) is 0.400. The van der Waals surface area contributed by atoms with Gasteiger partial charge >= 0.3 is 0 Å². The number of rotatable bonds is 11. The van der Waals surface area contributed by atoms with Gasteiger partial charge in [-0.2, -0.15) is 5.10 Å². The summed E-state index contributed by atoms with van der Waals surface area (Å²) in [5.74, 6) is -0.0344. The van der Waals surface area contributed by atoms with Crippen molar-refractivity contribution in [1.29, 1.82) is 0 Å². The molecule has 0 unspecified atom stereocenters. The smallest absolute Gasteiger partial charge is 0.227 e. The number of aliphatic hydroxyl groups excluding tert-OH is 1. The van der Waals surface area contributed by atoms with Crippen molar-refractivity contribution < 1.29 is 23.4 Å². The maximum atomic E-state index is 13.8. The zero-order valence-electron chi connectivity index (χ0n) is 19.5. The summed E-state index contributed by atoms with van der Waals surface area (Å²) in [4.78, 5) is 2.10. The molecule has 0 radical (unpaired) electrons. The van der Waals surface area contributed by atoms with Crippen LogP contribution in [-0.2, 0) is 11.3 Å². The number of nitrogens with zero attached hydrogens (tertiary/aromatic N) is 3. The first-order valence-electron chi connectivity index (χ1n) is 11.1. The summed E-state index contributed by atoms with van der Waals surface area (Å²) >= 11 is 0. The lowest BCUT2D eigenvalue weighted by atomic mass is 10.2. The SMILES string of the molecule is CCOC[C@H](O)CN(Cc1c(C)nn(-c2ccc(F)cc2)c1Oc1cccc(F)c1)C(C)C. The largest absolute Gasteiger partial charge is 0.438 e. The first-order valence-corrected chi connectivity index (χ1v) is 11.1. The predicted octanol–water partition coefficient (Wildman–Crippen LogP) is 4.86. The second-order valence-electron chi connectivity index (χ2n) is 8.15. The highest BCUT2D eigenvalue weighted by Gasteiger charge is 2.24. The number of hydrogen-bond donors (Lipinski definition) is 1. The van der Waals surface area contributed by atoms with Crippen molar-refractivity contribution in [2.24, 2.45) is 0 Å². The lowest BCUT2D eigenvalue weighted by Gasteiger charge is -2.29. The Kier molecular flexibility index (Phi) is 8.55. The first-order chi connectivity index (χ1) is 15.8. The number of aromatic nitrogens is 2. The number of hydrogen-bond acceptors (Lipinski definition) is 5. The number of ether oxygens (including phenoxy) is 2. The van der Waals surface area contributed by atoms with Gasteiger partial charge < -0.3 is 14.6 Å². The number of aliphatic hydroxyl groups is 1. The van der Waals surface area contributed by atoms with Crippen LogP contribution in [0, 0.1) is 18.6 Å². The minimum atomic E-state index is -0.646. The summed E-state index contributed by atoms with van der Waals surface area (Å²) in [6, 6.07) is 11.9. The van der Waals surface area contributed by atoms with Crippen molar-refractivity contribution >= 4 is 0 Å². The van der Waals surface area contributed by atoms with Gasteiger partial charge in [-0.15, -0.1) is 0 Å². The molecule has 0 spiro atoms. The maximum absolute atomic E-state index is 13.8. The van der Waals surface area contributed by atoms with Crippen molar-refractivity contribution in [3.8, 4) is 17.3 Å². The predicted molar refractivity (Wildman–Crippen MR) is 123 cm³/mol. The molecule has 1 aromatic heterocycles. The van der Waals surface area contributed by atoms with E-state index in [1.807, 2.05) is 27.7 Å². The zero-order chi connectivity index (χ0) is 24.0. The van der Waals surface area contributed by atoms with Gasteiger partial charge in [-0.3, -0.25) is 4.90 Å². The van der Waals surface area contributed by atoms with Gasteiger partial charge in [-0.05, 0) is 64.1 Å². The first kappa shape index (κ1) is 24.8. The van der Waals surface area contributed by atoms with Gasteiger partial charge in [0, 0.05) is 31.8 Å². The number of aryl methyl sites for hydroxylation is 1. The van der Waals surface area contributed by atoms with Gasteiger partial charge in [0.05, 0.1) is 29.7 Å². The molecule has 1 N–H and O–H groups in total. The normalized spacial score (nSPS) is 12.5. The van der Waals surface area contributed by atoms with E-state index in [-0.39, 0.29) is 18.5 Å². The molecule has 6 nitrogen and oxygen atoms in total. The Hall–Kier alpha value is -2.81. The van der Waals surface area contributed by atoms with Gasteiger partial charge in [0.1, 0.15) is 17.4 Å². The molecular weight excluding hydrogens is 428 g/mol. The van der Waals surface area contributed by atoms with Gasteiger partial charge in [0.15, 0.2) is 0 Å². The molecule has 0 aliphatic heterocycles. The molecule has 33 heavy (non-hydrogen) atoms. The van der Waals surface area contributed by atoms with Gasteiger partial charge in [-0.1, -0.05) is 6.07 Å². The minimum Gasteiger partial charge on any atom is -0.438 e. The topological polar surface area (TPSA) is 59.8 Å². The van der Waals surface area contributed by atoms with Crippen LogP contribution in [0.15, 0.2) is 48.5 Å². The van der Waals surface area contributed by atoms with Crippen LogP contribution in [0.2, 0.25) is 0 Å². The Morgan fingerprint density at radius 3 is 2.45 bits per heavy atom. The van der Waals surface area contributed by atoms with Crippen molar-refractivity contribution in [2.45, 2.75) is 46.4 Å². The molecule has 0 aliphatic carbocycles. The molecule has 0 saturated carbocycles. The van der Waals surface area contributed by atoms with Gasteiger partial charge in [0.2, 0.25) is 5.88 Å². The van der Waals surface area contributed by atoms with Crippen molar-refractivity contribution in [3.63, 3.8) is 0 Å². The van der Waals surface area contributed by atoms with E-state index in [0.29, 0.717) is 37.0 Å². The summed E-state index contributed by atoms with van der Waals surface area (Å²) < 4.78 is 40.4. The molecule has 3 aromatic rings. The van der Waals surface area contributed by atoms with Crippen LogP contribution in [0.25, 0.3) is 5.69 Å². The summed E-state index contributed by atoms with van der Waals surface area (Å²) in [6.45, 7) is 9.46. The Bertz CT molecular complexity index is 1040. The lowest BCUT2D eigenvalue weighted by molar-refractivity contribution is 0.0131. The monoisotopic (exact) mass is 459 g/mol. The summed E-state index contributed by atoms with van der Waals surface area (Å²) in [5.41, 5.74) is 2.13. The Labute approximate surface area is 193 Å². The zero-order valence-corrected chi connectivity index (χ0v) is 19.5. The van der Waals surface area contributed by atoms with E-state index in [0.717, 1.165) is 11.3 Å². The van der Waals surface area contributed by atoms with E-state index in [1.165, 1.54) is 24.3 Å². The Morgan fingerprint density at radius 1 is 1.09 bits per heavy atom. The standard InChI is InChI=1S/C25H31F2N3O3/c1-5-32-16-22(31)14-29(17(2)3)15-24-18(4)28-30(21-11-9-19(26)10-12-21)25(24)33-23-8-6-7-20(27)13-23/h6-13,17,22,31H,5,14-16H2,1-4H3/t22-/m1/s1. The minimum absolute atomic E-state index is 0.122. The van der Waals surface area contributed by atoms with Crippen LogP contribution in [0.1, 0.15) is 32.0 Å². The van der Waals surface area contributed by atoms with E-state index in [1.54, 1.807) is 28.9 Å². The lowest BCUT2D eigenvalue weighted by Crippen LogP contribution is -2.39. The van der Waals surface area contributed by atoms with E-state index in [9.17, 15) is 13.9 Å². The van der Waals surface area contributed by atoms with E-state index in [4.69, 9.17) is 9.47 Å². The van der Waals surface area contributed by atoms with Crippen LogP contribution in [0.3, 0.4) is 0 Å². The van der Waals surface area contributed by atoms with E-state index < -0.39 is 11.9 Å². The highest BCUT2D eigenvalue weighted by Crippen LogP contribution is 2.32. The molecular formula is C25H31F2N3O3. The molecule has 0 bridgehead atoms. The third-order valence-electron chi connectivity index (χ3n) is 5.27. The van der Waals surface area contributed by atoms with E-state index >= 15 is 0 Å². The highest BCUT2D eigenvalue weighted by molar-refractivity contribution is 5.43. The quantitative estimate of drug-likeness (QED) is 0.444. The van der Waals surface area contributed by atoms with Crippen LogP contribution >= 0.6 is 0 Å². The number of halogens is 2. The molecule has 0 saturated heterocycles. The molecule has 0 amide bonds. The molecule has 8 heteroatoms. The molecule has 0 aliphatic rings. The third-order valence-corrected chi connectivity index (χ3v) is 5.27. The summed E-state index contributed by atoms with van der Waals surface area (Å²) in [7, 11) is 0. The molecule has 2 aromatic carbocycles. The van der Waals surface area contributed by atoms with Crippen LogP contribution < -0.4 is 4.74 Å². The van der Waals surface area contributed by atoms with Crippen molar-refractivity contribution in [1.82, 2.24) is 14.7 Å². The number of benzene rings is 2. The molecule has 1 atom stereocenters. The molecule has 0 fully saturated rings. The second kappa shape index (κ2) is 11.4. The highest BCUT2D eigenvalue weighted by atomic mass is 19.1. The molecule has 178 valence electrons. The third kappa shape index (κ3) is 6.60. The Balaban J connectivity index is 1.99. The van der Waals surface area contributed by atoms with Crippen LogP contribution in [-0.4, -0.2) is 51.7 Å². The summed E-state index contributed by atoms with van der Waals surface area (Å²) in [6.07, 6.45) is -0.646. The fourth-order valence-electron chi connectivity index (χ4n) is 3.46. The maximum Gasteiger partial charge on any atom is 0.227 e. The Morgan fingerprint density at radius 2 is 1.82 bits per heavy atom.